The molecule has 0 unspecified atom stereocenters. The lowest BCUT2D eigenvalue weighted by Crippen LogP contribution is -2.50. The maximum Gasteiger partial charge on any atom is 0.350 e. The highest BCUT2D eigenvalue weighted by atomic mass is 19.3. The van der Waals surface area contributed by atoms with E-state index < -0.39 is 12.6 Å². The second-order valence-electron chi connectivity index (χ2n) is 9.54. The van der Waals surface area contributed by atoms with E-state index >= 15 is 0 Å². The Bertz CT molecular complexity index is 1730. The van der Waals surface area contributed by atoms with Gasteiger partial charge >= 0.3 is 6.55 Å². The fraction of sp³-hybridized carbons (Fsp3) is 0.259. The molecule has 0 saturated carbocycles. The molecule has 0 bridgehead atoms. The molecule has 5 aromatic rings. The number of fused-ring (bicyclic) bond motifs is 1. The van der Waals surface area contributed by atoms with Crippen LogP contribution >= 0.6 is 0 Å². The van der Waals surface area contributed by atoms with E-state index in [1.165, 1.54) is 13.1 Å². The molecular weight excluding hydrogens is 550 g/mol. The Hall–Kier alpha value is -5.18. The molecule has 0 radical (unpaired) electrons. The van der Waals surface area contributed by atoms with Crippen LogP contribution in [0.25, 0.3) is 22.7 Å². The smallest absolute Gasteiger partial charge is 0.350 e. The molecule has 13 nitrogen and oxygen atoms in total. The van der Waals surface area contributed by atoms with Crippen LogP contribution in [0.5, 0.6) is 0 Å². The first kappa shape index (κ1) is 27.0. The van der Waals surface area contributed by atoms with Gasteiger partial charge in [-0.05, 0) is 35.0 Å². The van der Waals surface area contributed by atoms with Crippen molar-refractivity contribution in [1.82, 2.24) is 45.0 Å². The molecule has 0 aliphatic carbocycles. The number of oxazole rings is 1. The van der Waals surface area contributed by atoms with Gasteiger partial charge in [0.1, 0.15) is 11.5 Å². The van der Waals surface area contributed by atoms with E-state index in [9.17, 15) is 18.4 Å². The zero-order valence-corrected chi connectivity index (χ0v) is 22.3. The van der Waals surface area contributed by atoms with E-state index in [0.29, 0.717) is 53.6 Å². The number of carbonyl (C=O) groups is 2. The molecule has 5 heterocycles. The van der Waals surface area contributed by atoms with Crippen molar-refractivity contribution >= 4 is 28.9 Å². The summed E-state index contributed by atoms with van der Waals surface area (Å²) < 4.78 is 32.1. The summed E-state index contributed by atoms with van der Waals surface area (Å²) in [6.45, 7) is 0.124. The second kappa shape index (κ2) is 11.4. The monoisotopic (exact) mass is 574 g/mol. The lowest BCUT2D eigenvalue weighted by atomic mass is 10.0. The number of rotatable bonds is 7. The van der Waals surface area contributed by atoms with Crippen LogP contribution in [0.1, 0.15) is 41.4 Å². The number of hydrogen-bond donors (Lipinski definition) is 1. The van der Waals surface area contributed by atoms with E-state index in [-0.39, 0.29) is 29.2 Å². The van der Waals surface area contributed by atoms with E-state index in [1.54, 1.807) is 29.2 Å². The van der Waals surface area contributed by atoms with Crippen LogP contribution < -0.4 is 5.32 Å². The van der Waals surface area contributed by atoms with Gasteiger partial charge in [0.25, 0.3) is 5.91 Å². The van der Waals surface area contributed by atoms with E-state index in [2.05, 4.69) is 35.7 Å². The summed E-state index contributed by atoms with van der Waals surface area (Å²) in [6.07, 6.45) is 1.51. The highest BCUT2D eigenvalue weighted by Crippen LogP contribution is 2.28. The number of anilines is 1. The van der Waals surface area contributed by atoms with Crippen molar-refractivity contribution in [3.63, 3.8) is 0 Å². The van der Waals surface area contributed by atoms with Gasteiger partial charge in [0, 0.05) is 44.9 Å². The van der Waals surface area contributed by atoms with Crippen LogP contribution in [-0.4, -0.2) is 83.0 Å². The van der Waals surface area contributed by atoms with Crippen LogP contribution in [0.2, 0.25) is 0 Å². The molecule has 1 aliphatic rings. The first-order valence-corrected chi connectivity index (χ1v) is 13.0. The van der Waals surface area contributed by atoms with Gasteiger partial charge in [0.05, 0.1) is 6.04 Å². The van der Waals surface area contributed by atoms with Crippen molar-refractivity contribution in [2.75, 3.05) is 31.5 Å². The van der Waals surface area contributed by atoms with E-state index in [4.69, 9.17) is 4.42 Å². The zero-order valence-electron chi connectivity index (χ0n) is 22.3. The van der Waals surface area contributed by atoms with Crippen LogP contribution in [-0.2, 0) is 4.79 Å². The van der Waals surface area contributed by atoms with Gasteiger partial charge in [-0.3, -0.25) is 19.5 Å². The summed E-state index contributed by atoms with van der Waals surface area (Å²) in [5.74, 6) is 0.247. The molecule has 1 N–H and O–H groups in total. The van der Waals surface area contributed by atoms with E-state index in [1.807, 2.05) is 35.2 Å². The normalized spacial score (nSPS) is 14.8. The molecular formula is C27H24F2N10O3. The second-order valence-corrected chi connectivity index (χ2v) is 9.54. The summed E-state index contributed by atoms with van der Waals surface area (Å²) in [5.41, 5.74) is 2.33. The summed E-state index contributed by atoms with van der Waals surface area (Å²) >= 11 is 0. The van der Waals surface area contributed by atoms with Gasteiger partial charge in [-0.1, -0.05) is 35.1 Å². The lowest BCUT2D eigenvalue weighted by Gasteiger charge is -2.38. The SMILES string of the molecule is CC(=O)Nc1ccc2oc(-c3ccnc(C(=O)N4CCN([C@H](c5ccccc5)c5nnn(C(F)F)n5)CC4)c3)nc2n1. The highest BCUT2D eigenvalue weighted by molar-refractivity contribution is 5.93. The number of hydrogen-bond acceptors (Lipinski definition) is 10. The Balaban J connectivity index is 1.18. The quantitative estimate of drug-likeness (QED) is 0.307. The third-order valence-corrected chi connectivity index (χ3v) is 6.73. The Morgan fingerprint density at radius 2 is 1.79 bits per heavy atom. The fourth-order valence-electron chi connectivity index (χ4n) is 4.80. The molecule has 1 aliphatic heterocycles. The van der Waals surface area contributed by atoms with Crippen LogP contribution in [0, 0.1) is 0 Å². The fourth-order valence-corrected chi connectivity index (χ4v) is 4.80. The summed E-state index contributed by atoms with van der Waals surface area (Å²) in [4.78, 5) is 41.7. The van der Waals surface area contributed by atoms with Crippen molar-refractivity contribution in [1.29, 1.82) is 0 Å². The zero-order chi connectivity index (χ0) is 29.2. The molecule has 42 heavy (non-hydrogen) atoms. The Morgan fingerprint density at radius 1 is 1.00 bits per heavy atom. The molecule has 1 aromatic carbocycles. The maximum absolute atomic E-state index is 13.4. The molecule has 1 saturated heterocycles. The average Bonchev–Trinajstić information content (AvgIpc) is 3.66. The number of tetrazole rings is 1. The standard InChI is InChI=1S/C27H24F2N10O3/c1-16(40)31-21-8-7-20-23(32-21)33-25(42-20)18-9-10-30-19(15-18)26(41)38-13-11-37(12-14-38)22(17-5-3-2-4-6-17)24-34-36-39(35-24)27(28)29/h2-10,15,22,27H,11-14H2,1H3,(H,31,32,40)/t22-/m1/s1. The number of alkyl halides is 2. The van der Waals surface area contributed by atoms with Gasteiger partial charge in [0.2, 0.25) is 17.4 Å². The predicted octanol–water partition coefficient (Wildman–Crippen LogP) is 3.17. The van der Waals surface area contributed by atoms with Crippen LogP contribution in [0.3, 0.4) is 0 Å². The molecule has 1 fully saturated rings. The van der Waals surface area contributed by atoms with Crippen molar-refractivity contribution < 1.29 is 22.8 Å². The number of piperazine rings is 1. The molecule has 0 spiro atoms. The number of nitrogens with one attached hydrogen (secondary N) is 1. The molecule has 2 amide bonds. The van der Waals surface area contributed by atoms with E-state index in [0.717, 1.165) is 5.56 Å². The average molecular weight is 575 g/mol. The Labute approximate surface area is 237 Å². The number of halogens is 2. The number of amides is 2. The third-order valence-electron chi connectivity index (χ3n) is 6.73. The topological polar surface area (TPSA) is 148 Å². The largest absolute Gasteiger partial charge is 0.434 e. The predicted molar refractivity (Wildman–Crippen MR) is 144 cm³/mol. The molecule has 15 heteroatoms. The third kappa shape index (κ3) is 5.54. The van der Waals surface area contributed by atoms with Crippen molar-refractivity contribution in [3.8, 4) is 11.5 Å². The van der Waals surface area contributed by atoms with Gasteiger partial charge in [-0.25, -0.2) is 4.98 Å². The van der Waals surface area contributed by atoms with Crippen molar-refractivity contribution in [2.24, 2.45) is 0 Å². The molecule has 214 valence electrons. The number of benzene rings is 1. The maximum atomic E-state index is 13.4. The minimum absolute atomic E-state index is 0.160. The van der Waals surface area contributed by atoms with Gasteiger partial charge < -0.3 is 14.6 Å². The van der Waals surface area contributed by atoms with Gasteiger partial charge in [-0.2, -0.15) is 13.8 Å². The van der Waals surface area contributed by atoms with Crippen LogP contribution in [0.4, 0.5) is 14.6 Å². The number of carbonyl (C=O) groups excluding carboxylic acids is 2. The van der Waals surface area contributed by atoms with Crippen molar-refractivity contribution in [3.05, 3.63) is 77.9 Å². The Kier molecular flexibility index (Phi) is 7.31. The van der Waals surface area contributed by atoms with Gasteiger partial charge in [-0.15, -0.1) is 10.2 Å². The minimum Gasteiger partial charge on any atom is -0.434 e. The Morgan fingerprint density at radius 3 is 2.50 bits per heavy atom. The molecule has 6 rings (SSSR count). The molecule has 1 atom stereocenters. The summed E-state index contributed by atoms with van der Waals surface area (Å²) in [5, 5.41) is 13.9. The first-order valence-electron chi connectivity index (χ1n) is 13.0. The highest BCUT2D eigenvalue weighted by Gasteiger charge is 2.32. The minimum atomic E-state index is -2.90. The number of nitrogens with zero attached hydrogens (tertiary/aromatic N) is 9. The lowest BCUT2D eigenvalue weighted by molar-refractivity contribution is -0.114. The summed E-state index contributed by atoms with van der Waals surface area (Å²) in [7, 11) is 0. The first-order chi connectivity index (χ1) is 20.4. The van der Waals surface area contributed by atoms with Gasteiger partial charge in [0.15, 0.2) is 11.4 Å². The van der Waals surface area contributed by atoms with Crippen molar-refractivity contribution in [2.45, 2.75) is 19.5 Å². The molecule has 4 aromatic heterocycles. The number of pyridine rings is 2. The van der Waals surface area contributed by atoms with Crippen LogP contribution in [0.15, 0.2) is 65.2 Å². The summed E-state index contributed by atoms with van der Waals surface area (Å²) in [6, 6.07) is 15.4. The number of aromatic nitrogens is 7.